The van der Waals surface area contributed by atoms with Crippen molar-refractivity contribution in [2.45, 2.75) is 13.8 Å². The van der Waals surface area contributed by atoms with Crippen molar-refractivity contribution in [1.29, 1.82) is 0 Å². The Bertz CT molecular complexity index is 522. The van der Waals surface area contributed by atoms with Gasteiger partial charge in [-0.05, 0) is 41.7 Å². The third kappa shape index (κ3) is 0.832. The minimum Gasteiger partial charge on any atom is -0.0613 e. The van der Waals surface area contributed by atoms with Crippen molar-refractivity contribution in [3.8, 4) is 22.3 Å². The molecule has 0 aliphatic heterocycles. The van der Waals surface area contributed by atoms with Crippen LogP contribution < -0.4 is 0 Å². The second-order valence-corrected chi connectivity index (χ2v) is 4.05. The Hall–Kier alpha value is -1.56. The van der Waals surface area contributed by atoms with E-state index < -0.39 is 0 Å². The first-order valence-corrected chi connectivity index (χ1v) is 4.98. The minimum absolute atomic E-state index is 1.35. The molecule has 0 nitrogen and oxygen atoms in total. The molecule has 0 spiro atoms. The van der Waals surface area contributed by atoms with Gasteiger partial charge in [0.05, 0.1) is 0 Å². The van der Waals surface area contributed by atoms with Gasteiger partial charge in [-0.1, -0.05) is 42.0 Å². The van der Waals surface area contributed by atoms with Crippen LogP contribution in [0.2, 0.25) is 0 Å². The van der Waals surface area contributed by atoms with Crippen molar-refractivity contribution < 1.29 is 0 Å². The smallest absolute Gasteiger partial charge is 0.00696 e. The predicted molar refractivity (Wildman–Crippen MR) is 60.3 cm³/mol. The standard InChI is InChI=1S/C14H12/c1-9-6-7-11-12-5-3-4-10(2)14(12)13(11)8-9/h3-8H,1-2H3. The summed E-state index contributed by atoms with van der Waals surface area (Å²) in [5.74, 6) is 0. The fourth-order valence-corrected chi connectivity index (χ4v) is 2.29. The van der Waals surface area contributed by atoms with Gasteiger partial charge in [0, 0.05) is 0 Å². The number of hydrogen-bond donors (Lipinski definition) is 0. The Morgan fingerprint density at radius 1 is 0.786 bits per heavy atom. The van der Waals surface area contributed by atoms with Gasteiger partial charge in [-0.2, -0.15) is 0 Å². The van der Waals surface area contributed by atoms with Crippen molar-refractivity contribution in [3.05, 3.63) is 47.5 Å². The number of rotatable bonds is 0. The van der Waals surface area contributed by atoms with Crippen LogP contribution in [0.1, 0.15) is 11.1 Å². The molecule has 0 amide bonds. The lowest BCUT2D eigenvalue weighted by molar-refractivity contribution is 1.38. The Labute approximate surface area is 84.2 Å². The minimum atomic E-state index is 1.35. The van der Waals surface area contributed by atoms with Crippen LogP contribution in [0.4, 0.5) is 0 Å². The van der Waals surface area contributed by atoms with E-state index >= 15 is 0 Å². The largest absolute Gasteiger partial charge is 0.0613 e. The second-order valence-electron chi connectivity index (χ2n) is 4.05. The molecular formula is C14H12. The average Bonchev–Trinajstić information content (AvgIpc) is 2.14. The van der Waals surface area contributed by atoms with Crippen LogP contribution in [0.3, 0.4) is 0 Å². The van der Waals surface area contributed by atoms with Crippen molar-refractivity contribution in [2.75, 3.05) is 0 Å². The molecule has 2 aromatic carbocycles. The van der Waals surface area contributed by atoms with Crippen molar-refractivity contribution in [1.82, 2.24) is 0 Å². The third-order valence-electron chi connectivity index (χ3n) is 3.01. The maximum atomic E-state index is 2.28. The Kier molecular flexibility index (Phi) is 1.38. The topological polar surface area (TPSA) is 0 Å². The number of hydrogen-bond acceptors (Lipinski definition) is 0. The van der Waals surface area contributed by atoms with Crippen LogP contribution in [0.15, 0.2) is 36.4 Å². The summed E-state index contributed by atoms with van der Waals surface area (Å²) in [5, 5.41) is 0. The second kappa shape index (κ2) is 2.48. The summed E-state index contributed by atoms with van der Waals surface area (Å²) in [6.45, 7) is 4.33. The van der Waals surface area contributed by atoms with E-state index in [0.717, 1.165) is 0 Å². The van der Waals surface area contributed by atoms with E-state index in [9.17, 15) is 0 Å². The molecule has 0 unspecified atom stereocenters. The highest BCUT2D eigenvalue weighted by atomic mass is 14.3. The molecule has 0 bridgehead atoms. The van der Waals surface area contributed by atoms with E-state index in [1.54, 1.807) is 0 Å². The molecular weight excluding hydrogens is 168 g/mol. The average molecular weight is 180 g/mol. The normalized spacial score (nSPS) is 11.6. The molecule has 1 aliphatic carbocycles. The van der Waals surface area contributed by atoms with Gasteiger partial charge in [0.1, 0.15) is 0 Å². The predicted octanol–water partition coefficient (Wildman–Crippen LogP) is 3.95. The summed E-state index contributed by atoms with van der Waals surface area (Å²) in [7, 11) is 0. The molecule has 0 heterocycles. The summed E-state index contributed by atoms with van der Waals surface area (Å²) in [4.78, 5) is 0. The highest BCUT2D eigenvalue weighted by Crippen LogP contribution is 2.48. The molecule has 1 aliphatic rings. The van der Waals surface area contributed by atoms with Crippen molar-refractivity contribution in [2.24, 2.45) is 0 Å². The summed E-state index contributed by atoms with van der Waals surface area (Å²) >= 11 is 0. The summed E-state index contributed by atoms with van der Waals surface area (Å²) in [5.41, 5.74) is 8.44. The van der Waals surface area contributed by atoms with E-state index in [2.05, 4.69) is 50.2 Å². The third-order valence-corrected chi connectivity index (χ3v) is 3.01. The fraction of sp³-hybridized carbons (Fsp3) is 0.143. The van der Waals surface area contributed by atoms with Gasteiger partial charge in [0.15, 0.2) is 0 Å². The Morgan fingerprint density at radius 3 is 2.50 bits per heavy atom. The zero-order valence-corrected chi connectivity index (χ0v) is 8.46. The van der Waals surface area contributed by atoms with E-state index in [1.165, 1.54) is 33.4 Å². The van der Waals surface area contributed by atoms with Gasteiger partial charge < -0.3 is 0 Å². The number of fused-ring (bicyclic) bond motifs is 4. The zero-order valence-electron chi connectivity index (χ0n) is 8.46. The first-order valence-electron chi connectivity index (χ1n) is 4.98. The first kappa shape index (κ1) is 7.81. The molecule has 0 saturated heterocycles. The van der Waals surface area contributed by atoms with Crippen LogP contribution in [0.25, 0.3) is 22.3 Å². The molecule has 0 aromatic heterocycles. The number of aryl methyl sites for hydroxylation is 2. The van der Waals surface area contributed by atoms with Gasteiger partial charge in [-0.25, -0.2) is 0 Å². The highest BCUT2D eigenvalue weighted by molar-refractivity contribution is 6.03. The lowest BCUT2D eigenvalue weighted by atomic mass is 9.78. The molecule has 0 radical (unpaired) electrons. The molecule has 0 N–H and O–H groups in total. The van der Waals surface area contributed by atoms with E-state index in [0.29, 0.717) is 0 Å². The Balaban J connectivity index is 2.31. The first-order chi connectivity index (χ1) is 6.77. The van der Waals surface area contributed by atoms with Crippen LogP contribution >= 0.6 is 0 Å². The van der Waals surface area contributed by atoms with Crippen LogP contribution in [-0.4, -0.2) is 0 Å². The quantitative estimate of drug-likeness (QED) is 0.491. The molecule has 0 saturated carbocycles. The van der Waals surface area contributed by atoms with Gasteiger partial charge >= 0.3 is 0 Å². The zero-order chi connectivity index (χ0) is 9.71. The molecule has 2 aromatic rings. The highest BCUT2D eigenvalue weighted by Gasteiger charge is 2.22. The van der Waals surface area contributed by atoms with E-state index in [-0.39, 0.29) is 0 Å². The number of benzene rings is 2. The molecule has 0 atom stereocenters. The Morgan fingerprint density at radius 2 is 1.64 bits per heavy atom. The van der Waals surface area contributed by atoms with E-state index in [1.807, 2.05) is 0 Å². The lowest BCUT2D eigenvalue weighted by Gasteiger charge is -2.26. The van der Waals surface area contributed by atoms with Gasteiger partial charge in [-0.3, -0.25) is 0 Å². The fourth-order valence-electron chi connectivity index (χ4n) is 2.29. The molecule has 68 valence electrons. The summed E-state index contributed by atoms with van der Waals surface area (Å²) in [6.07, 6.45) is 0. The summed E-state index contributed by atoms with van der Waals surface area (Å²) in [6, 6.07) is 13.2. The maximum Gasteiger partial charge on any atom is -0.00696 e. The van der Waals surface area contributed by atoms with Gasteiger partial charge in [0.25, 0.3) is 0 Å². The molecule has 0 heteroatoms. The van der Waals surface area contributed by atoms with Crippen molar-refractivity contribution in [3.63, 3.8) is 0 Å². The van der Waals surface area contributed by atoms with Crippen LogP contribution in [0, 0.1) is 13.8 Å². The van der Waals surface area contributed by atoms with Gasteiger partial charge in [-0.15, -0.1) is 0 Å². The lowest BCUT2D eigenvalue weighted by Crippen LogP contribution is -2.00. The van der Waals surface area contributed by atoms with Crippen molar-refractivity contribution >= 4 is 0 Å². The van der Waals surface area contributed by atoms with E-state index in [4.69, 9.17) is 0 Å². The summed E-state index contributed by atoms with van der Waals surface area (Å²) < 4.78 is 0. The maximum absolute atomic E-state index is 2.28. The SMILES string of the molecule is Cc1ccc2c(c1)-c1c(C)cccc1-2. The van der Waals surface area contributed by atoms with Crippen LogP contribution in [0.5, 0.6) is 0 Å². The van der Waals surface area contributed by atoms with Crippen LogP contribution in [-0.2, 0) is 0 Å². The monoisotopic (exact) mass is 180 g/mol. The molecule has 3 rings (SSSR count). The molecule has 14 heavy (non-hydrogen) atoms. The van der Waals surface area contributed by atoms with Gasteiger partial charge in [0.2, 0.25) is 0 Å². The molecule has 0 fully saturated rings.